The van der Waals surface area contributed by atoms with Gasteiger partial charge in [-0.1, -0.05) is 80.9 Å². The molecular weight excluding hydrogens is 640 g/mol. The number of alkyl halides is 3. The molecule has 1 aromatic heterocycles. The zero-order valence-corrected chi connectivity index (χ0v) is 26.9. The number of halogens is 4. The number of nitrogens with zero attached hydrogens (tertiary/aromatic N) is 4. The first-order valence-electron chi connectivity index (χ1n) is 22.3. The van der Waals surface area contributed by atoms with Crippen molar-refractivity contribution in [3.05, 3.63) is 117 Å². The van der Waals surface area contributed by atoms with Gasteiger partial charge < -0.3 is 14.4 Å². The molecule has 0 fully saturated rings. The summed E-state index contributed by atoms with van der Waals surface area (Å²) < 4.78 is 186. The average Bonchev–Trinajstić information content (AvgIpc) is 3.30. The molecule has 6 nitrogen and oxygen atoms in total. The Hall–Kier alpha value is -3.96. The number of carbonyl (C=O) groups is 1. The van der Waals surface area contributed by atoms with Crippen molar-refractivity contribution in [3.63, 3.8) is 0 Å². The Labute approximate surface area is 303 Å². The van der Waals surface area contributed by atoms with Crippen LogP contribution in [0.1, 0.15) is 69.3 Å². The van der Waals surface area contributed by atoms with Crippen LogP contribution in [0, 0.1) is 11.7 Å². The second kappa shape index (κ2) is 15.5. The second-order valence-electron chi connectivity index (χ2n) is 10.5. The zero-order chi connectivity index (χ0) is 47.7. The van der Waals surface area contributed by atoms with E-state index in [0.29, 0.717) is 35.0 Å². The van der Waals surface area contributed by atoms with Crippen LogP contribution >= 0.6 is 11.8 Å². The highest BCUT2D eigenvalue weighted by atomic mass is 32.2. The minimum absolute atomic E-state index is 0.00438. The second-order valence-corrected chi connectivity index (χ2v) is 11.5. The summed E-state index contributed by atoms with van der Waals surface area (Å²) in [5.74, 6) is -5.08. The van der Waals surface area contributed by atoms with Gasteiger partial charge in [0.1, 0.15) is 12.3 Å². The highest BCUT2D eigenvalue weighted by Gasteiger charge is 2.30. The fourth-order valence-corrected chi connectivity index (χ4v) is 5.49. The molecule has 0 bridgehead atoms. The van der Waals surface area contributed by atoms with Crippen LogP contribution in [0.2, 0.25) is 0 Å². The number of carbonyl (C=O) groups excluding carboxylic acids is 1. The van der Waals surface area contributed by atoms with Gasteiger partial charge in [-0.15, -0.1) is 0 Å². The van der Waals surface area contributed by atoms with Crippen molar-refractivity contribution in [2.45, 2.75) is 63.6 Å². The molecule has 0 radical (unpaired) electrons. The number of thioether (sulfide) groups is 1. The van der Waals surface area contributed by atoms with Crippen molar-refractivity contribution in [3.8, 4) is 11.1 Å². The van der Waals surface area contributed by atoms with Gasteiger partial charge in [-0.05, 0) is 78.2 Å². The molecule has 5 rings (SSSR count). The van der Waals surface area contributed by atoms with E-state index in [1.54, 1.807) is 18.7 Å². The molecule has 1 atom stereocenters. The Morgan fingerprint density at radius 3 is 2.25 bits per heavy atom. The largest absolute Gasteiger partial charge is 0.416 e. The first kappa shape index (κ1) is 20.5. The van der Waals surface area contributed by atoms with E-state index >= 15 is 0 Å². The molecule has 1 unspecified atom stereocenters. The number of benzene rings is 3. The molecule has 1 aliphatic rings. The van der Waals surface area contributed by atoms with Gasteiger partial charge in [0.2, 0.25) is 5.91 Å². The van der Waals surface area contributed by atoms with Crippen molar-refractivity contribution >= 4 is 17.7 Å². The number of likely N-dealkylation sites (N-methyl/N-ethyl adjacent to an activating group) is 1. The molecule has 254 valence electrons. The Morgan fingerprint density at radius 1 is 1.02 bits per heavy atom. The lowest BCUT2D eigenvalue weighted by atomic mass is 10.0. The monoisotopic (exact) mass is 695 g/mol. The van der Waals surface area contributed by atoms with Gasteiger partial charge in [0.25, 0.3) is 5.56 Å². The van der Waals surface area contributed by atoms with Crippen molar-refractivity contribution in [2.24, 2.45) is 5.89 Å². The van der Waals surface area contributed by atoms with Gasteiger partial charge in [-0.25, -0.2) is 4.39 Å². The number of rotatable bonds is 13. The zero-order valence-electron chi connectivity index (χ0n) is 41.1. The molecular formula is C37H40F4N4O2S. The number of hydrogen-bond acceptors (Lipinski definition) is 5. The van der Waals surface area contributed by atoms with E-state index in [9.17, 15) is 29.9 Å². The SMILES string of the molecule is [2H]c1c([2H])c(-c2c([2H])c([2H])c(C(F)(F)F)c([2H])c2[2H])c([2H])c([2H])c1CN(CCN(CC)CC)C(=O)C([2H])([2H])n1c(SCc2ccc(F)cc2)nc(=O)c2c1C([2H])([2H])C([2H])(C)C2([2H])[2H]. The highest BCUT2D eigenvalue weighted by Crippen LogP contribution is 2.32. The van der Waals surface area contributed by atoms with E-state index in [0.717, 1.165) is 24.0 Å². The third-order valence-electron chi connectivity index (χ3n) is 7.22. The van der Waals surface area contributed by atoms with Crippen molar-refractivity contribution in [1.29, 1.82) is 0 Å². The summed E-state index contributed by atoms with van der Waals surface area (Å²) in [6.07, 6.45) is -11.6. The van der Waals surface area contributed by atoms with Crippen LogP contribution in [-0.4, -0.2) is 51.4 Å². The summed E-state index contributed by atoms with van der Waals surface area (Å²) in [5.41, 5.74) is -7.30. The van der Waals surface area contributed by atoms with Gasteiger partial charge in [0.15, 0.2) is 5.16 Å². The Morgan fingerprint density at radius 2 is 1.65 bits per heavy atom. The van der Waals surface area contributed by atoms with Gasteiger partial charge in [0, 0.05) is 43.5 Å². The molecule has 11 heteroatoms. The molecule has 1 amide bonds. The smallest absolute Gasteiger partial charge is 0.336 e. The summed E-state index contributed by atoms with van der Waals surface area (Å²) in [6, 6.07) is -4.68. The summed E-state index contributed by atoms with van der Waals surface area (Å²) in [7, 11) is 0. The molecule has 3 aromatic carbocycles. The van der Waals surface area contributed by atoms with E-state index in [4.69, 9.17) is 17.8 Å². The molecule has 48 heavy (non-hydrogen) atoms. The number of aromatic nitrogens is 2. The predicted molar refractivity (Wildman–Crippen MR) is 181 cm³/mol. The van der Waals surface area contributed by atoms with Gasteiger partial charge in [-0.2, -0.15) is 18.2 Å². The maximum Gasteiger partial charge on any atom is 0.416 e. The first-order valence-corrected chi connectivity index (χ1v) is 15.8. The van der Waals surface area contributed by atoms with Crippen LogP contribution in [0.4, 0.5) is 17.6 Å². The topological polar surface area (TPSA) is 58.4 Å². The maximum absolute atomic E-state index is 14.9. The van der Waals surface area contributed by atoms with E-state index in [1.807, 2.05) is 0 Å². The lowest BCUT2D eigenvalue weighted by Crippen LogP contribution is -2.40. The molecule has 4 aromatic rings. The standard InChI is InChI=1S/C37H40F4N4O2S/c1-4-43(5-2)18-19-44(22-26-6-10-28(11-7-26)29-12-14-30(15-13-29)37(39,40)41)34(46)23-45-33-21-25(3)20-32(33)35(47)42-36(45)48-24-27-8-16-31(38)17-9-27/h6-17,25H,4-5,18-24H2,1-3H3/i6D,7D,10D,11D,12D,13D,14D,15D,20D2,21D2,23D2,25D. The summed E-state index contributed by atoms with van der Waals surface area (Å²) >= 11 is 0.618. The van der Waals surface area contributed by atoms with Crippen LogP contribution in [0.5, 0.6) is 0 Å². The van der Waals surface area contributed by atoms with Crippen LogP contribution < -0.4 is 5.56 Å². The fraction of sp³-hybridized carbons (Fsp3) is 0.378. The normalized spacial score (nSPS) is 22.8. The van der Waals surface area contributed by atoms with Crippen LogP contribution in [-0.2, 0) is 42.5 Å². The lowest BCUT2D eigenvalue weighted by molar-refractivity contribution is -0.137. The molecule has 0 saturated heterocycles. The predicted octanol–water partition coefficient (Wildman–Crippen LogP) is 7.47. The Bertz CT molecular complexity index is 2480. The van der Waals surface area contributed by atoms with Crippen LogP contribution in [0.25, 0.3) is 11.1 Å². The summed E-state index contributed by atoms with van der Waals surface area (Å²) in [4.78, 5) is 34.9. The molecule has 0 saturated carbocycles. The van der Waals surface area contributed by atoms with Crippen LogP contribution in [0.3, 0.4) is 0 Å². The molecule has 1 heterocycles. The van der Waals surface area contributed by atoms with Gasteiger partial charge in [-0.3, -0.25) is 9.59 Å². The number of hydrogen-bond donors (Lipinski definition) is 0. The van der Waals surface area contributed by atoms with Crippen molar-refractivity contribution < 1.29 is 42.9 Å². The van der Waals surface area contributed by atoms with Crippen molar-refractivity contribution in [2.75, 3.05) is 26.2 Å². The quantitative estimate of drug-likeness (QED) is 0.0826. The third kappa shape index (κ3) is 8.73. The Balaban J connectivity index is 1.73. The third-order valence-corrected chi connectivity index (χ3v) is 8.23. The summed E-state index contributed by atoms with van der Waals surface area (Å²) in [6.45, 7) is 0.372. The van der Waals surface area contributed by atoms with E-state index in [1.165, 1.54) is 12.1 Å². The minimum atomic E-state index is -5.33. The molecule has 0 N–H and O–H groups in total. The number of amides is 1. The van der Waals surface area contributed by atoms with E-state index < -0.39 is 149 Å². The fourth-order valence-electron chi connectivity index (χ4n) is 4.59. The highest BCUT2D eigenvalue weighted by molar-refractivity contribution is 7.98. The molecule has 0 spiro atoms. The summed E-state index contributed by atoms with van der Waals surface area (Å²) in [5, 5.41) is -0.632. The average molecular weight is 696 g/mol. The number of fused-ring (bicyclic) bond motifs is 1. The van der Waals surface area contributed by atoms with E-state index in [-0.39, 0.29) is 12.3 Å². The van der Waals surface area contributed by atoms with E-state index in [2.05, 4.69) is 4.98 Å². The first-order chi connectivity index (χ1) is 28.9. The molecule has 1 aliphatic carbocycles. The van der Waals surface area contributed by atoms with Crippen LogP contribution in [0.15, 0.2) is 82.6 Å². The van der Waals surface area contributed by atoms with Gasteiger partial charge >= 0.3 is 6.18 Å². The lowest BCUT2D eigenvalue weighted by Gasteiger charge is -2.28. The maximum atomic E-state index is 14.9. The Kier molecular flexibility index (Phi) is 6.63. The van der Waals surface area contributed by atoms with Crippen molar-refractivity contribution in [1.82, 2.24) is 19.4 Å². The van der Waals surface area contributed by atoms with Gasteiger partial charge in [0.05, 0.1) is 19.3 Å². The minimum Gasteiger partial charge on any atom is -0.336 e. The molecule has 0 aliphatic heterocycles.